The molecule has 2 heterocycles. The minimum atomic E-state index is -4.32. The summed E-state index contributed by atoms with van der Waals surface area (Å²) in [5.74, 6) is 0. The van der Waals surface area contributed by atoms with Crippen molar-refractivity contribution in [3.05, 3.63) is 40.9 Å². The molecule has 1 aliphatic heterocycles. The Kier molecular flexibility index (Phi) is 3.52. The molecule has 2 aromatic rings. The van der Waals surface area contributed by atoms with Crippen molar-refractivity contribution in [3.8, 4) is 10.6 Å². The van der Waals surface area contributed by atoms with E-state index in [0.29, 0.717) is 10.6 Å². The highest BCUT2D eigenvalue weighted by Crippen LogP contribution is 2.34. The Morgan fingerprint density at radius 3 is 2.85 bits per heavy atom. The number of benzene rings is 1. The molecule has 1 atom stereocenters. The normalized spacial score (nSPS) is 19.4. The number of thiazole rings is 1. The molecule has 0 amide bonds. The Bertz CT molecular complexity index is 600. The van der Waals surface area contributed by atoms with Crippen LogP contribution < -0.4 is 5.32 Å². The molecule has 0 radical (unpaired) electrons. The minimum absolute atomic E-state index is 0.241. The second-order valence-corrected chi connectivity index (χ2v) is 5.66. The summed E-state index contributed by atoms with van der Waals surface area (Å²) < 4.78 is 38.1. The molecular formula is C14H13F3N2S. The van der Waals surface area contributed by atoms with E-state index in [1.165, 1.54) is 17.4 Å². The highest BCUT2D eigenvalue weighted by molar-refractivity contribution is 7.13. The Hall–Kier alpha value is -1.40. The molecule has 1 saturated heterocycles. The van der Waals surface area contributed by atoms with Gasteiger partial charge in [-0.15, -0.1) is 11.3 Å². The predicted octanol–water partition coefficient (Wildman–Crippen LogP) is 4.25. The molecule has 0 spiro atoms. The lowest BCUT2D eigenvalue weighted by molar-refractivity contribution is -0.137. The quantitative estimate of drug-likeness (QED) is 0.896. The van der Waals surface area contributed by atoms with Gasteiger partial charge in [0.1, 0.15) is 5.01 Å². The van der Waals surface area contributed by atoms with Gasteiger partial charge >= 0.3 is 6.18 Å². The van der Waals surface area contributed by atoms with Gasteiger partial charge in [0.25, 0.3) is 0 Å². The maximum Gasteiger partial charge on any atom is 0.416 e. The summed E-state index contributed by atoms with van der Waals surface area (Å²) in [6, 6.07) is 5.57. The van der Waals surface area contributed by atoms with Crippen LogP contribution in [0.25, 0.3) is 10.6 Å². The molecule has 20 heavy (non-hydrogen) atoms. The zero-order valence-corrected chi connectivity index (χ0v) is 11.4. The molecule has 3 rings (SSSR count). The Morgan fingerprint density at radius 1 is 1.30 bits per heavy atom. The van der Waals surface area contributed by atoms with E-state index in [0.717, 1.165) is 37.2 Å². The van der Waals surface area contributed by atoms with Crippen LogP contribution in [0.2, 0.25) is 0 Å². The summed E-state index contributed by atoms with van der Waals surface area (Å²) in [5, 5.41) is 5.91. The fourth-order valence-corrected chi connectivity index (χ4v) is 3.21. The second-order valence-electron chi connectivity index (χ2n) is 4.81. The van der Waals surface area contributed by atoms with E-state index < -0.39 is 11.7 Å². The van der Waals surface area contributed by atoms with Gasteiger partial charge in [-0.3, -0.25) is 0 Å². The fourth-order valence-electron chi connectivity index (χ4n) is 2.34. The van der Waals surface area contributed by atoms with Crippen LogP contribution in [-0.2, 0) is 6.18 Å². The molecule has 0 bridgehead atoms. The minimum Gasteiger partial charge on any atom is -0.309 e. The van der Waals surface area contributed by atoms with Crippen LogP contribution in [0.5, 0.6) is 0 Å². The highest BCUT2D eigenvalue weighted by Gasteiger charge is 2.30. The van der Waals surface area contributed by atoms with Crippen LogP contribution in [0.15, 0.2) is 29.6 Å². The number of nitrogens with one attached hydrogen (secondary N) is 1. The third-order valence-corrected chi connectivity index (χ3v) is 4.29. The van der Waals surface area contributed by atoms with E-state index >= 15 is 0 Å². The smallest absolute Gasteiger partial charge is 0.309 e. The lowest BCUT2D eigenvalue weighted by Crippen LogP contribution is -2.12. The molecule has 2 nitrogen and oxygen atoms in total. The first-order valence-corrected chi connectivity index (χ1v) is 7.28. The van der Waals surface area contributed by atoms with Crippen LogP contribution in [0.4, 0.5) is 13.2 Å². The van der Waals surface area contributed by atoms with Gasteiger partial charge in [0.05, 0.1) is 17.3 Å². The molecule has 0 aliphatic carbocycles. The lowest BCUT2D eigenvalue weighted by Gasteiger charge is -2.07. The molecule has 1 unspecified atom stereocenters. The topological polar surface area (TPSA) is 24.9 Å². The van der Waals surface area contributed by atoms with Crippen molar-refractivity contribution in [2.24, 2.45) is 0 Å². The van der Waals surface area contributed by atoms with E-state index in [-0.39, 0.29) is 6.04 Å². The van der Waals surface area contributed by atoms with Crippen LogP contribution in [-0.4, -0.2) is 11.5 Å². The average molecular weight is 298 g/mol. The van der Waals surface area contributed by atoms with Gasteiger partial charge in [-0.25, -0.2) is 4.98 Å². The summed E-state index contributed by atoms with van der Waals surface area (Å²) in [6.07, 6.45) is -2.17. The van der Waals surface area contributed by atoms with E-state index in [9.17, 15) is 13.2 Å². The lowest BCUT2D eigenvalue weighted by atomic mass is 10.1. The molecule has 1 N–H and O–H groups in total. The molecular weight excluding hydrogens is 285 g/mol. The van der Waals surface area contributed by atoms with E-state index in [1.807, 2.05) is 5.38 Å². The van der Waals surface area contributed by atoms with Gasteiger partial charge in [-0.1, -0.05) is 12.1 Å². The zero-order valence-electron chi connectivity index (χ0n) is 10.6. The predicted molar refractivity (Wildman–Crippen MR) is 72.5 cm³/mol. The number of hydrogen-bond donors (Lipinski definition) is 1. The maximum absolute atomic E-state index is 12.7. The molecule has 1 aromatic heterocycles. The molecule has 1 fully saturated rings. The van der Waals surface area contributed by atoms with Crippen molar-refractivity contribution < 1.29 is 13.2 Å². The first-order chi connectivity index (χ1) is 9.54. The average Bonchev–Trinajstić information content (AvgIpc) is 3.09. The number of aromatic nitrogens is 1. The summed E-state index contributed by atoms with van der Waals surface area (Å²) in [6.45, 7) is 0.973. The number of hydrogen-bond acceptors (Lipinski definition) is 3. The van der Waals surface area contributed by atoms with E-state index in [2.05, 4.69) is 10.3 Å². The molecule has 1 aromatic carbocycles. The van der Waals surface area contributed by atoms with Crippen molar-refractivity contribution in [1.82, 2.24) is 10.3 Å². The van der Waals surface area contributed by atoms with Gasteiger partial charge in [-0.05, 0) is 31.5 Å². The van der Waals surface area contributed by atoms with Gasteiger partial charge < -0.3 is 5.32 Å². The van der Waals surface area contributed by atoms with E-state index in [1.54, 1.807) is 6.07 Å². The fraction of sp³-hybridized carbons (Fsp3) is 0.357. The summed E-state index contributed by atoms with van der Waals surface area (Å²) in [4.78, 5) is 4.47. The monoisotopic (exact) mass is 298 g/mol. The molecule has 6 heteroatoms. The SMILES string of the molecule is FC(F)(F)c1cccc(-c2nc(C3CCCN3)cs2)c1. The zero-order chi connectivity index (χ0) is 14.2. The van der Waals surface area contributed by atoms with Crippen LogP contribution in [0.1, 0.15) is 30.1 Å². The highest BCUT2D eigenvalue weighted by atomic mass is 32.1. The summed E-state index contributed by atoms with van der Waals surface area (Å²) in [7, 11) is 0. The van der Waals surface area contributed by atoms with Crippen LogP contribution >= 0.6 is 11.3 Å². The van der Waals surface area contributed by atoms with Gasteiger partial charge in [0.15, 0.2) is 0 Å². The van der Waals surface area contributed by atoms with Crippen molar-refractivity contribution in [2.45, 2.75) is 25.1 Å². The Labute approximate surface area is 118 Å². The largest absolute Gasteiger partial charge is 0.416 e. The van der Waals surface area contributed by atoms with Crippen molar-refractivity contribution in [1.29, 1.82) is 0 Å². The van der Waals surface area contributed by atoms with Crippen LogP contribution in [0, 0.1) is 0 Å². The first-order valence-electron chi connectivity index (χ1n) is 6.40. The molecule has 0 saturated carbocycles. The third kappa shape index (κ3) is 2.71. The Balaban J connectivity index is 1.89. The number of rotatable bonds is 2. The van der Waals surface area contributed by atoms with Gasteiger partial charge in [-0.2, -0.15) is 13.2 Å². The van der Waals surface area contributed by atoms with Crippen molar-refractivity contribution in [2.75, 3.05) is 6.54 Å². The molecule has 106 valence electrons. The van der Waals surface area contributed by atoms with Crippen molar-refractivity contribution >= 4 is 11.3 Å². The summed E-state index contributed by atoms with van der Waals surface area (Å²) in [5.41, 5.74) is 0.819. The number of nitrogens with zero attached hydrogens (tertiary/aromatic N) is 1. The number of halogens is 3. The summed E-state index contributed by atoms with van der Waals surface area (Å²) >= 11 is 1.39. The standard InChI is InChI=1S/C14H13F3N2S/c15-14(16,17)10-4-1-3-9(7-10)13-19-12(8-20-13)11-5-2-6-18-11/h1,3-4,7-8,11,18H,2,5-6H2. The third-order valence-electron chi connectivity index (χ3n) is 3.38. The van der Waals surface area contributed by atoms with Crippen molar-refractivity contribution in [3.63, 3.8) is 0 Å². The maximum atomic E-state index is 12.7. The van der Waals surface area contributed by atoms with Crippen LogP contribution in [0.3, 0.4) is 0 Å². The van der Waals surface area contributed by atoms with Gasteiger partial charge in [0.2, 0.25) is 0 Å². The van der Waals surface area contributed by atoms with E-state index in [4.69, 9.17) is 0 Å². The van der Waals surface area contributed by atoms with Gasteiger partial charge in [0, 0.05) is 10.9 Å². The number of alkyl halides is 3. The molecule has 1 aliphatic rings. The Morgan fingerprint density at radius 2 is 2.15 bits per heavy atom. The second kappa shape index (κ2) is 5.18. The first kappa shape index (κ1) is 13.6.